The third kappa shape index (κ3) is 4.31. The second-order valence-electron chi connectivity index (χ2n) is 4.51. The monoisotopic (exact) mass is 347 g/mol. The van der Waals surface area contributed by atoms with Gasteiger partial charge < -0.3 is 9.84 Å². The zero-order valence-corrected chi connectivity index (χ0v) is 12.9. The van der Waals surface area contributed by atoms with Gasteiger partial charge in [0.05, 0.1) is 18.5 Å². The van der Waals surface area contributed by atoms with Crippen LogP contribution in [0.4, 0.5) is 14.5 Å². The van der Waals surface area contributed by atoms with Crippen molar-refractivity contribution in [1.82, 2.24) is 9.78 Å². The molecule has 0 unspecified atom stereocenters. The number of phenols is 1. The average molecular weight is 347 g/mol. The SMILES string of the molecule is CCOc1cc(O)ccc1NS(=O)(=O)c1cnn(CC(F)F)c1. The molecular weight excluding hydrogens is 332 g/mol. The molecule has 0 saturated carbocycles. The van der Waals surface area contributed by atoms with E-state index in [0.717, 1.165) is 17.1 Å². The Labute approximate surface area is 131 Å². The summed E-state index contributed by atoms with van der Waals surface area (Å²) >= 11 is 0. The predicted octanol–water partition coefficient (Wildman–Crippen LogP) is 2.05. The van der Waals surface area contributed by atoms with Crippen molar-refractivity contribution in [3.8, 4) is 11.5 Å². The molecule has 1 aromatic carbocycles. The first-order valence-electron chi connectivity index (χ1n) is 6.61. The molecule has 1 aromatic heterocycles. The molecule has 23 heavy (non-hydrogen) atoms. The Bertz CT molecular complexity index is 777. The van der Waals surface area contributed by atoms with Gasteiger partial charge in [0.1, 0.15) is 22.9 Å². The van der Waals surface area contributed by atoms with Gasteiger partial charge in [-0.25, -0.2) is 17.2 Å². The molecule has 2 rings (SSSR count). The van der Waals surface area contributed by atoms with Gasteiger partial charge in [0.15, 0.2) is 0 Å². The van der Waals surface area contributed by atoms with Crippen molar-refractivity contribution in [2.45, 2.75) is 24.8 Å². The van der Waals surface area contributed by atoms with Crippen molar-refractivity contribution in [2.24, 2.45) is 0 Å². The van der Waals surface area contributed by atoms with Gasteiger partial charge >= 0.3 is 0 Å². The van der Waals surface area contributed by atoms with Gasteiger partial charge in [-0.2, -0.15) is 5.10 Å². The van der Waals surface area contributed by atoms with E-state index >= 15 is 0 Å². The number of hydrogen-bond acceptors (Lipinski definition) is 5. The molecule has 0 spiro atoms. The first kappa shape index (κ1) is 17.0. The Morgan fingerprint density at radius 1 is 1.43 bits per heavy atom. The number of nitrogens with one attached hydrogen (secondary N) is 1. The number of phenolic OH excluding ortho intramolecular Hbond substituents is 1. The first-order chi connectivity index (χ1) is 10.8. The molecule has 0 atom stereocenters. The zero-order valence-electron chi connectivity index (χ0n) is 12.1. The Balaban J connectivity index is 2.26. The van der Waals surface area contributed by atoms with E-state index in [-0.39, 0.29) is 28.7 Å². The summed E-state index contributed by atoms with van der Waals surface area (Å²) in [6, 6.07) is 3.89. The van der Waals surface area contributed by atoms with Crippen molar-refractivity contribution in [1.29, 1.82) is 0 Å². The topological polar surface area (TPSA) is 93.4 Å². The first-order valence-corrected chi connectivity index (χ1v) is 8.09. The minimum Gasteiger partial charge on any atom is -0.508 e. The van der Waals surface area contributed by atoms with E-state index in [1.165, 1.54) is 18.2 Å². The second-order valence-corrected chi connectivity index (χ2v) is 6.19. The third-order valence-corrected chi connectivity index (χ3v) is 4.07. The van der Waals surface area contributed by atoms with E-state index in [1.54, 1.807) is 6.92 Å². The van der Waals surface area contributed by atoms with Crippen LogP contribution in [0, 0.1) is 0 Å². The number of aromatic hydroxyl groups is 1. The second kappa shape index (κ2) is 6.82. The average Bonchev–Trinajstić information content (AvgIpc) is 2.90. The number of rotatable bonds is 7. The molecule has 0 aliphatic rings. The maximum absolute atomic E-state index is 12.3. The van der Waals surface area contributed by atoms with E-state index in [4.69, 9.17) is 4.74 Å². The molecule has 0 fully saturated rings. The molecular formula is C13H15F2N3O4S. The summed E-state index contributed by atoms with van der Waals surface area (Å²) in [5, 5.41) is 13.0. The van der Waals surface area contributed by atoms with E-state index in [2.05, 4.69) is 9.82 Å². The van der Waals surface area contributed by atoms with Crippen LogP contribution in [-0.4, -0.2) is 36.3 Å². The van der Waals surface area contributed by atoms with Crippen molar-refractivity contribution in [2.75, 3.05) is 11.3 Å². The molecule has 0 saturated heterocycles. The molecule has 0 aliphatic carbocycles. The Morgan fingerprint density at radius 2 is 2.17 bits per heavy atom. The van der Waals surface area contributed by atoms with Crippen LogP contribution in [0.2, 0.25) is 0 Å². The number of nitrogens with zero attached hydrogens (tertiary/aromatic N) is 2. The number of hydrogen-bond donors (Lipinski definition) is 2. The lowest BCUT2D eigenvalue weighted by Gasteiger charge is -2.12. The standard InChI is InChI=1S/C13H15F2N3O4S/c1-2-22-12-5-9(19)3-4-11(12)17-23(20,21)10-6-16-18(7-10)8-13(14)15/h3-7,13,17,19H,2,8H2,1H3. The van der Waals surface area contributed by atoms with Gasteiger partial charge in [-0.3, -0.25) is 9.40 Å². The Kier molecular flexibility index (Phi) is 5.04. The molecule has 2 aromatic rings. The van der Waals surface area contributed by atoms with Crippen LogP contribution in [0.15, 0.2) is 35.5 Å². The quantitative estimate of drug-likeness (QED) is 0.748. The van der Waals surface area contributed by atoms with Gasteiger partial charge in [-0.1, -0.05) is 0 Å². The number of ether oxygens (including phenoxy) is 1. The highest BCUT2D eigenvalue weighted by Crippen LogP contribution is 2.30. The highest BCUT2D eigenvalue weighted by molar-refractivity contribution is 7.92. The lowest BCUT2D eigenvalue weighted by Crippen LogP contribution is -2.13. The van der Waals surface area contributed by atoms with Crippen molar-refractivity contribution in [3.05, 3.63) is 30.6 Å². The molecule has 1 heterocycles. The van der Waals surface area contributed by atoms with Gasteiger partial charge in [0.25, 0.3) is 16.4 Å². The molecule has 0 aliphatic heterocycles. The normalized spacial score (nSPS) is 11.7. The molecule has 2 N–H and O–H groups in total. The molecule has 0 bridgehead atoms. The lowest BCUT2D eigenvalue weighted by atomic mass is 10.3. The summed E-state index contributed by atoms with van der Waals surface area (Å²) in [5.41, 5.74) is 0.117. The number of anilines is 1. The lowest BCUT2D eigenvalue weighted by molar-refractivity contribution is 0.121. The Morgan fingerprint density at radius 3 is 2.83 bits per heavy atom. The van der Waals surface area contributed by atoms with Gasteiger partial charge in [-0.05, 0) is 19.1 Å². The van der Waals surface area contributed by atoms with E-state index in [0.29, 0.717) is 0 Å². The van der Waals surface area contributed by atoms with Crippen LogP contribution >= 0.6 is 0 Å². The van der Waals surface area contributed by atoms with Gasteiger partial charge in [-0.15, -0.1) is 0 Å². The molecule has 0 amide bonds. The maximum Gasteiger partial charge on any atom is 0.265 e. The smallest absolute Gasteiger partial charge is 0.265 e. The fourth-order valence-corrected chi connectivity index (χ4v) is 2.82. The molecule has 10 heteroatoms. The van der Waals surface area contributed by atoms with E-state index in [9.17, 15) is 22.3 Å². The van der Waals surface area contributed by atoms with Crippen molar-refractivity contribution >= 4 is 15.7 Å². The molecule has 7 nitrogen and oxygen atoms in total. The van der Waals surface area contributed by atoms with Crippen LogP contribution < -0.4 is 9.46 Å². The largest absolute Gasteiger partial charge is 0.508 e. The van der Waals surface area contributed by atoms with Crippen LogP contribution in [0.1, 0.15) is 6.92 Å². The van der Waals surface area contributed by atoms with Crippen LogP contribution in [0.25, 0.3) is 0 Å². The van der Waals surface area contributed by atoms with Gasteiger partial charge in [0, 0.05) is 12.3 Å². The maximum atomic E-state index is 12.3. The summed E-state index contributed by atoms with van der Waals surface area (Å²) < 4.78 is 57.5. The van der Waals surface area contributed by atoms with E-state index < -0.39 is 23.0 Å². The van der Waals surface area contributed by atoms with Crippen LogP contribution in [0.3, 0.4) is 0 Å². The van der Waals surface area contributed by atoms with Crippen LogP contribution in [-0.2, 0) is 16.6 Å². The molecule has 126 valence electrons. The minimum atomic E-state index is -4.02. The fraction of sp³-hybridized carbons (Fsp3) is 0.308. The predicted molar refractivity (Wildman–Crippen MR) is 78.3 cm³/mol. The third-order valence-electron chi connectivity index (χ3n) is 2.75. The highest BCUT2D eigenvalue weighted by atomic mass is 32.2. The number of aromatic nitrogens is 2. The fourth-order valence-electron chi connectivity index (χ4n) is 1.80. The number of benzene rings is 1. The minimum absolute atomic E-state index is 0.0823. The van der Waals surface area contributed by atoms with E-state index in [1.807, 2.05) is 0 Å². The summed E-state index contributed by atoms with van der Waals surface area (Å²) in [6.45, 7) is 1.28. The summed E-state index contributed by atoms with van der Waals surface area (Å²) in [6.07, 6.45) is -0.652. The molecule has 0 radical (unpaired) electrons. The Hall–Kier alpha value is -2.36. The summed E-state index contributed by atoms with van der Waals surface area (Å²) in [5.74, 6) is 0.0669. The van der Waals surface area contributed by atoms with Crippen LogP contribution in [0.5, 0.6) is 11.5 Å². The van der Waals surface area contributed by atoms with Gasteiger partial charge in [0.2, 0.25) is 0 Å². The number of halogens is 2. The number of alkyl halides is 2. The number of sulfonamides is 1. The summed E-state index contributed by atoms with van der Waals surface area (Å²) in [7, 11) is -4.02. The highest BCUT2D eigenvalue weighted by Gasteiger charge is 2.19. The van der Waals surface area contributed by atoms with Crippen molar-refractivity contribution in [3.63, 3.8) is 0 Å². The summed E-state index contributed by atoms with van der Waals surface area (Å²) in [4.78, 5) is -0.256. The van der Waals surface area contributed by atoms with Crippen molar-refractivity contribution < 1.29 is 27.0 Å². The zero-order chi connectivity index (χ0) is 17.0.